The molecule has 2 aromatic carbocycles. The van der Waals surface area contributed by atoms with Crippen LogP contribution in [0.15, 0.2) is 47.5 Å². The number of aromatic nitrogens is 1. The van der Waals surface area contributed by atoms with Gasteiger partial charge in [0.2, 0.25) is 0 Å². The van der Waals surface area contributed by atoms with E-state index >= 15 is 0 Å². The molecule has 0 spiro atoms. The van der Waals surface area contributed by atoms with Gasteiger partial charge in [-0.05, 0) is 30.3 Å². The highest BCUT2D eigenvalue weighted by Crippen LogP contribution is 2.32. The lowest BCUT2D eigenvalue weighted by Gasteiger charge is -2.11. The lowest BCUT2D eigenvalue weighted by atomic mass is 10.2. The monoisotopic (exact) mass is 388 g/mol. The zero-order valence-corrected chi connectivity index (χ0v) is 14.0. The molecule has 0 radical (unpaired) electrons. The molecule has 0 aliphatic heterocycles. The first-order valence-corrected chi connectivity index (χ1v) is 8.65. The Morgan fingerprint density at radius 3 is 2.46 bits per heavy atom. The molecule has 0 aliphatic carbocycles. The summed E-state index contributed by atoms with van der Waals surface area (Å²) in [4.78, 5) is 2.58. The van der Waals surface area contributed by atoms with E-state index in [2.05, 4.69) is 4.98 Å². The maximum Gasteiger partial charge on any atom is 0.416 e. The van der Waals surface area contributed by atoms with Crippen molar-refractivity contribution >= 4 is 26.6 Å². The summed E-state index contributed by atoms with van der Waals surface area (Å²) in [6.07, 6.45) is -3.53. The summed E-state index contributed by atoms with van der Waals surface area (Å²) in [7, 11) is -2.78. The molecular weight excluding hydrogens is 376 g/mol. The van der Waals surface area contributed by atoms with E-state index in [0.29, 0.717) is 22.7 Å². The summed E-state index contributed by atoms with van der Waals surface area (Å²) in [6.45, 7) is 0. The molecule has 3 rings (SSSR count). The fourth-order valence-corrected chi connectivity index (χ4v) is 3.65. The van der Waals surface area contributed by atoms with E-state index in [1.807, 2.05) is 4.72 Å². The highest BCUT2D eigenvalue weighted by Gasteiger charge is 2.31. The van der Waals surface area contributed by atoms with Crippen molar-refractivity contribution < 1.29 is 30.7 Å². The van der Waals surface area contributed by atoms with E-state index in [4.69, 9.17) is 4.74 Å². The van der Waals surface area contributed by atoms with Crippen molar-refractivity contribution in [2.45, 2.75) is 11.1 Å². The van der Waals surface area contributed by atoms with Crippen molar-refractivity contribution in [3.8, 4) is 5.75 Å². The number of methoxy groups -OCH3 is 1. The summed E-state index contributed by atoms with van der Waals surface area (Å²) >= 11 is 0. The summed E-state index contributed by atoms with van der Waals surface area (Å²) in [6, 6.07) is 6.19. The second-order valence-corrected chi connectivity index (χ2v) is 7.01. The van der Waals surface area contributed by atoms with Crippen LogP contribution in [0.2, 0.25) is 0 Å². The van der Waals surface area contributed by atoms with Gasteiger partial charge in [-0.15, -0.1) is 0 Å². The van der Waals surface area contributed by atoms with Crippen LogP contribution in [0.5, 0.6) is 5.75 Å². The van der Waals surface area contributed by atoms with E-state index in [1.54, 1.807) is 12.1 Å². The molecule has 0 bridgehead atoms. The van der Waals surface area contributed by atoms with E-state index < -0.39 is 33.3 Å². The molecule has 1 aromatic heterocycles. The molecule has 0 atom stereocenters. The number of H-pyrrole nitrogens is 1. The molecule has 5 nitrogen and oxygen atoms in total. The molecule has 2 N–H and O–H groups in total. The van der Waals surface area contributed by atoms with Crippen LogP contribution in [-0.2, 0) is 16.2 Å². The average Bonchev–Trinajstić information content (AvgIpc) is 2.99. The van der Waals surface area contributed by atoms with Crippen molar-refractivity contribution in [2.75, 3.05) is 11.8 Å². The molecular formula is C16H12F4N2O3S. The van der Waals surface area contributed by atoms with Gasteiger partial charge in [0, 0.05) is 17.6 Å². The Morgan fingerprint density at radius 2 is 1.85 bits per heavy atom. The summed E-state index contributed by atoms with van der Waals surface area (Å²) < 4.78 is 83.7. The molecule has 138 valence electrons. The van der Waals surface area contributed by atoms with Crippen molar-refractivity contribution in [2.24, 2.45) is 0 Å². The molecule has 3 aromatic rings. The highest BCUT2D eigenvalue weighted by atomic mass is 32.2. The van der Waals surface area contributed by atoms with E-state index in [9.17, 15) is 26.0 Å². The second-order valence-electron chi connectivity index (χ2n) is 5.36. The van der Waals surface area contributed by atoms with Crippen LogP contribution in [0.1, 0.15) is 5.56 Å². The summed E-state index contributed by atoms with van der Waals surface area (Å²) in [5, 5.41) is 0.325. The molecule has 26 heavy (non-hydrogen) atoms. The van der Waals surface area contributed by atoms with Gasteiger partial charge >= 0.3 is 6.18 Å². The topological polar surface area (TPSA) is 71.2 Å². The predicted molar refractivity (Wildman–Crippen MR) is 87.1 cm³/mol. The van der Waals surface area contributed by atoms with Crippen LogP contribution in [0.3, 0.4) is 0 Å². The summed E-state index contributed by atoms with van der Waals surface area (Å²) in [5.74, 6) is -0.824. The Bertz CT molecular complexity index is 1070. The number of hydrogen-bond acceptors (Lipinski definition) is 3. The van der Waals surface area contributed by atoms with E-state index in [1.165, 1.54) is 19.4 Å². The Kier molecular flexibility index (Phi) is 4.31. The first kappa shape index (κ1) is 18.1. The van der Waals surface area contributed by atoms with E-state index in [-0.39, 0.29) is 11.0 Å². The maximum atomic E-state index is 13.9. The molecule has 0 unspecified atom stereocenters. The van der Waals surface area contributed by atoms with Crippen molar-refractivity contribution in [3.63, 3.8) is 0 Å². The maximum absolute atomic E-state index is 13.9. The Labute approximate surface area is 145 Å². The van der Waals surface area contributed by atoms with Gasteiger partial charge in [0.15, 0.2) is 0 Å². The van der Waals surface area contributed by atoms with Gasteiger partial charge in [0.1, 0.15) is 16.5 Å². The molecule has 0 saturated carbocycles. The van der Waals surface area contributed by atoms with Crippen LogP contribution in [-0.4, -0.2) is 20.5 Å². The Hall–Kier alpha value is -2.75. The van der Waals surface area contributed by atoms with Crippen molar-refractivity contribution in [3.05, 3.63) is 54.0 Å². The highest BCUT2D eigenvalue weighted by molar-refractivity contribution is 7.93. The smallest absolute Gasteiger partial charge is 0.416 e. The third-order valence-corrected chi connectivity index (χ3v) is 5.09. The van der Waals surface area contributed by atoms with Crippen LogP contribution in [0.25, 0.3) is 10.9 Å². The number of alkyl halides is 3. The van der Waals surface area contributed by atoms with Crippen LogP contribution in [0.4, 0.5) is 23.2 Å². The van der Waals surface area contributed by atoms with Crippen molar-refractivity contribution in [1.29, 1.82) is 0 Å². The fraction of sp³-hybridized carbons (Fsp3) is 0.125. The fourth-order valence-electron chi connectivity index (χ4n) is 2.40. The minimum Gasteiger partial charge on any atom is -0.497 e. The zero-order chi connectivity index (χ0) is 19.1. The van der Waals surface area contributed by atoms with Crippen LogP contribution >= 0.6 is 0 Å². The quantitative estimate of drug-likeness (QED) is 0.660. The van der Waals surface area contributed by atoms with Gasteiger partial charge < -0.3 is 9.72 Å². The minimum absolute atomic E-state index is 0.172. The number of nitrogens with one attached hydrogen (secondary N) is 2. The number of anilines is 1. The van der Waals surface area contributed by atoms with Gasteiger partial charge in [-0.1, -0.05) is 0 Å². The molecule has 0 saturated heterocycles. The molecule has 0 amide bonds. The van der Waals surface area contributed by atoms with Gasteiger partial charge in [-0.2, -0.15) is 13.2 Å². The average molecular weight is 388 g/mol. The first-order valence-electron chi connectivity index (χ1n) is 7.16. The van der Waals surface area contributed by atoms with Gasteiger partial charge in [0.25, 0.3) is 10.0 Å². The lowest BCUT2D eigenvalue weighted by Crippen LogP contribution is -2.14. The number of halogens is 4. The van der Waals surface area contributed by atoms with Gasteiger partial charge in [0.05, 0.1) is 23.9 Å². The number of hydrogen-bond donors (Lipinski definition) is 2. The van der Waals surface area contributed by atoms with Gasteiger partial charge in [-0.25, -0.2) is 12.8 Å². The molecule has 0 aliphatic rings. The third-order valence-electron chi connectivity index (χ3n) is 3.68. The molecule has 0 fully saturated rings. The predicted octanol–water partition coefficient (Wildman–Crippen LogP) is 4.14. The largest absolute Gasteiger partial charge is 0.497 e. The van der Waals surface area contributed by atoms with Gasteiger partial charge in [-0.3, -0.25) is 4.72 Å². The first-order chi connectivity index (χ1) is 12.1. The SMILES string of the molecule is COc1ccc2c(S(=O)(=O)Nc3ccc(C(F)(F)F)cc3F)c[nH]c2c1. The van der Waals surface area contributed by atoms with E-state index in [0.717, 1.165) is 6.07 Å². The molecule has 10 heteroatoms. The Balaban J connectivity index is 1.97. The molecule has 1 heterocycles. The number of rotatable bonds is 4. The minimum atomic E-state index is -4.73. The Morgan fingerprint density at radius 1 is 1.12 bits per heavy atom. The standard InChI is InChI=1S/C16H12F4N2O3S/c1-25-10-3-4-11-14(7-10)21-8-15(11)26(23,24)22-13-5-2-9(6-12(13)17)16(18,19)20/h2-8,21-22H,1H3. The van der Waals surface area contributed by atoms with Crippen LogP contribution < -0.4 is 9.46 Å². The van der Waals surface area contributed by atoms with Crippen molar-refractivity contribution in [1.82, 2.24) is 4.98 Å². The normalized spacial score (nSPS) is 12.3. The number of aromatic amines is 1. The van der Waals surface area contributed by atoms with Crippen LogP contribution in [0, 0.1) is 5.82 Å². The zero-order valence-electron chi connectivity index (χ0n) is 13.2. The number of sulfonamides is 1. The lowest BCUT2D eigenvalue weighted by molar-refractivity contribution is -0.137. The second kappa shape index (κ2) is 6.20. The summed E-state index contributed by atoms with van der Waals surface area (Å²) in [5.41, 5.74) is -1.32. The number of ether oxygens (including phenoxy) is 1. The third kappa shape index (κ3) is 3.32. The number of benzene rings is 2. The number of fused-ring (bicyclic) bond motifs is 1.